The van der Waals surface area contributed by atoms with Crippen molar-refractivity contribution in [3.05, 3.63) is 90.2 Å². The van der Waals surface area contributed by atoms with Crippen LogP contribution >= 0.6 is 0 Å². The first kappa shape index (κ1) is 21.7. The van der Waals surface area contributed by atoms with Crippen molar-refractivity contribution in [1.29, 1.82) is 0 Å². The molecular formula is C27H28BN3O2. The Bertz CT molecular complexity index is 1130. The van der Waals surface area contributed by atoms with E-state index in [9.17, 15) is 0 Å². The molecule has 0 N–H and O–H groups in total. The second kappa shape index (κ2) is 8.36. The first-order valence-electron chi connectivity index (χ1n) is 11.4. The second-order valence-corrected chi connectivity index (χ2v) is 9.60. The number of aromatic nitrogens is 3. The summed E-state index contributed by atoms with van der Waals surface area (Å²) in [5, 5.41) is 0. The van der Waals surface area contributed by atoms with E-state index in [2.05, 4.69) is 45.9 Å². The van der Waals surface area contributed by atoms with Crippen molar-refractivity contribution in [3.8, 4) is 22.8 Å². The minimum absolute atomic E-state index is 0.0111. The van der Waals surface area contributed by atoms with Crippen molar-refractivity contribution in [2.75, 3.05) is 0 Å². The van der Waals surface area contributed by atoms with Crippen molar-refractivity contribution in [3.63, 3.8) is 0 Å². The van der Waals surface area contributed by atoms with E-state index in [4.69, 9.17) is 24.3 Å². The summed E-state index contributed by atoms with van der Waals surface area (Å²) in [6.45, 7) is 8.31. The van der Waals surface area contributed by atoms with Crippen LogP contribution in [0, 0.1) is 0 Å². The molecule has 2 aromatic carbocycles. The summed E-state index contributed by atoms with van der Waals surface area (Å²) in [5.74, 6) is 2.12. The fraction of sp³-hybridized carbons (Fsp3) is 0.296. The molecule has 5 nitrogen and oxygen atoms in total. The van der Waals surface area contributed by atoms with Gasteiger partial charge in [0.1, 0.15) is 5.82 Å². The molecule has 2 aliphatic rings. The van der Waals surface area contributed by atoms with Gasteiger partial charge in [-0.05, 0) is 39.6 Å². The standard InChI is InChI=1S/C27H28BN3O2/c1-26(2)27(3,4)33-28(32-26)22-17-11-16-21(18-22)25-30-23(19-12-7-5-8-13-19)29-24(31-25)20-14-9-6-10-15-20/h5-17,21H,18H2,1-4H3. The number of benzene rings is 2. The molecule has 2 heterocycles. The Morgan fingerprint density at radius 2 is 1.27 bits per heavy atom. The highest BCUT2D eigenvalue weighted by molar-refractivity contribution is 6.54. The van der Waals surface area contributed by atoms with Crippen LogP contribution in [0.3, 0.4) is 0 Å². The molecule has 1 atom stereocenters. The Hall–Kier alpha value is -3.09. The molecule has 166 valence electrons. The van der Waals surface area contributed by atoms with E-state index in [0.29, 0.717) is 11.6 Å². The number of nitrogens with zero attached hydrogens (tertiary/aromatic N) is 3. The van der Waals surface area contributed by atoms with E-state index < -0.39 is 0 Å². The van der Waals surface area contributed by atoms with Crippen LogP contribution in [-0.2, 0) is 9.31 Å². The molecule has 6 heteroatoms. The van der Waals surface area contributed by atoms with Crippen molar-refractivity contribution in [2.45, 2.75) is 51.2 Å². The predicted octanol–water partition coefficient (Wildman–Crippen LogP) is 5.81. The van der Waals surface area contributed by atoms with Gasteiger partial charge in [-0.25, -0.2) is 15.0 Å². The molecule has 1 saturated heterocycles. The maximum Gasteiger partial charge on any atom is 0.490 e. The summed E-state index contributed by atoms with van der Waals surface area (Å²) in [6.07, 6.45) is 7.03. The molecular weight excluding hydrogens is 409 g/mol. The van der Waals surface area contributed by atoms with Gasteiger partial charge in [0.15, 0.2) is 11.6 Å². The SMILES string of the molecule is CC1(C)OB(C2=CC=CC(c3nc(-c4ccccc4)nc(-c4ccccc4)n3)C2)OC1(C)C. The number of allylic oxidation sites excluding steroid dienone is 4. The summed E-state index contributed by atoms with van der Waals surface area (Å²) in [4.78, 5) is 14.6. The van der Waals surface area contributed by atoms with Crippen molar-refractivity contribution >= 4 is 7.12 Å². The lowest BCUT2D eigenvalue weighted by molar-refractivity contribution is 0.00578. The van der Waals surface area contributed by atoms with Crippen LogP contribution in [0.15, 0.2) is 84.4 Å². The van der Waals surface area contributed by atoms with Crippen LogP contribution < -0.4 is 0 Å². The summed E-state index contributed by atoms with van der Waals surface area (Å²) in [5.41, 5.74) is 2.30. The lowest BCUT2D eigenvalue weighted by Gasteiger charge is -2.32. The predicted molar refractivity (Wildman–Crippen MR) is 131 cm³/mol. The largest absolute Gasteiger partial charge is 0.490 e. The molecule has 0 saturated carbocycles. The van der Waals surface area contributed by atoms with Gasteiger partial charge in [-0.3, -0.25) is 0 Å². The molecule has 0 spiro atoms. The Morgan fingerprint density at radius 1 is 0.758 bits per heavy atom. The van der Waals surface area contributed by atoms with Crippen molar-refractivity contribution in [1.82, 2.24) is 15.0 Å². The van der Waals surface area contributed by atoms with E-state index in [1.165, 1.54) is 0 Å². The maximum absolute atomic E-state index is 6.30. The van der Waals surface area contributed by atoms with Crippen LogP contribution in [0.25, 0.3) is 22.8 Å². The number of hydrogen-bond donors (Lipinski definition) is 0. The second-order valence-electron chi connectivity index (χ2n) is 9.60. The molecule has 0 bridgehead atoms. The molecule has 5 rings (SSSR count). The van der Waals surface area contributed by atoms with Gasteiger partial charge in [-0.1, -0.05) is 78.9 Å². The summed E-state index contributed by atoms with van der Waals surface area (Å²) >= 11 is 0. The van der Waals surface area contributed by atoms with Gasteiger partial charge in [0.25, 0.3) is 0 Å². The van der Waals surface area contributed by atoms with E-state index in [1.807, 2.05) is 60.7 Å². The van der Waals surface area contributed by atoms with E-state index in [-0.39, 0.29) is 24.2 Å². The summed E-state index contributed by atoms with van der Waals surface area (Å²) < 4.78 is 12.6. The average molecular weight is 437 g/mol. The molecule has 1 fully saturated rings. The highest BCUT2D eigenvalue weighted by Crippen LogP contribution is 2.41. The first-order valence-corrected chi connectivity index (χ1v) is 11.4. The quantitative estimate of drug-likeness (QED) is 0.483. The molecule has 1 aliphatic heterocycles. The molecule has 1 aliphatic carbocycles. The van der Waals surface area contributed by atoms with E-state index in [0.717, 1.165) is 28.8 Å². The fourth-order valence-electron chi connectivity index (χ4n) is 4.04. The lowest BCUT2D eigenvalue weighted by atomic mass is 9.71. The fourth-order valence-corrected chi connectivity index (χ4v) is 4.04. The van der Waals surface area contributed by atoms with E-state index in [1.54, 1.807) is 0 Å². The van der Waals surface area contributed by atoms with Crippen LogP contribution in [0.4, 0.5) is 0 Å². The molecule has 0 radical (unpaired) electrons. The highest BCUT2D eigenvalue weighted by Gasteiger charge is 2.52. The van der Waals surface area contributed by atoms with Gasteiger partial charge in [0, 0.05) is 17.0 Å². The monoisotopic (exact) mass is 437 g/mol. The first-order chi connectivity index (χ1) is 15.8. The normalized spacial score (nSPS) is 21.2. The van der Waals surface area contributed by atoms with Gasteiger partial charge in [0.2, 0.25) is 0 Å². The molecule has 33 heavy (non-hydrogen) atoms. The van der Waals surface area contributed by atoms with Crippen LogP contribution in [0.1, 0.15) is 45.9 Å². The zero-order chi connectivity index (χ0) is 23.1. The van der Waals surface area contributed by atoms with E-state index >= 15 is 0 Å². The molecule has 0 amide bonds. The topological polar surface area (TPSA) is 57.1 Å². The molecule has 3 aromatic rings. The maximum atomic E-state index is 6.30. The number of rotatable bonds is 4. The van der Waals surface area contributed by atoms with Crippen molar-refractivity contribution in [2.24, 2.45) is 0 Å². The van der Waals surface area contributed by atoms with Crippen molar-refractivity contribution < 1.29 is 9.31 Å². The van der Waals surface area contributed by atoms with Crippen LogP contribution in [0.5, 0.6) is 0 Å². The zero-order valence-corrected chi connectivity index (χ0v) is 19.5. The Balaban J connectivity index is 1.49. The lowest BCUT2D eigenvalue weighted by Crippen LogP contribution is -2.41. The minimum atomic E-state index is -0.372. The minimum Gasteiger partial charge on any atom is -0.400 e. The zero-order valence-electron chi connectivity index (χ0n) is 19.5. The Labute approximate surface area is 195 Å². The summed E-state index contributed by atoms with van der Waals surface area (Å²) in [7, 11) is -0.369. The highest BCUT2D eigenvalue weighted by atomic mass is 16.7. The summed E-state index contributed by atoms with van der Waals surface area (Å²) in [6, 6.07) is 20.1. The third kappa shape index (κ3) is 4.29. The van der Waals surface area contributed by atoms with Gasteiger partial charge >= 0.3 is 7.12 Å². The van der Waals surface area contributed by atoms with Gasteiger partial charge in [-0.15, -0.1) is 0 Å². The van der Waals surface area contributed by atoms with Crippen LogP contribution in [0.2, 0.25) is 0 Å². The number of hydrogen-bond acceptors (Lipinski definition) is 5. The third-order valence-corrected chi connectivity index (χ3v) is 6.71. The molecule has 1 unspecified atom stereocenters. The average Bonchev–Trinajstić information content (AvgIpc) is 3.07. The Kier molecular flexibility index (Phi) is 5.51. The smallest absolute Gasteiger partial charge is 0.400 e. The third-order valence-electron chi connectivity index (χ3n) is 6.71. The van der Waals surface area contributed by atoms with Gasteiger partial charge in [0.05, 0.1) is 11.2 Å². The molecule has 1 aromatic heterocycles. The Morgan fingerprint density at radius 3 is 1.79 bits per heavy atom. The van der Waals surface area contributed by atoms with Crippen LogP contribution in [-0.4, -0.2) is 33.3 Å². The van der Waals surface area contributed by atoms with Gasteiger partial charge < -0.3 is 9.31 Å². The van der Waals surface area contributed by atoms with Gasteiger partial charge in [-0.2, -0.15) is 0 Å².